The number of aryl methyl sites for hydroxylation is 4. The number of aromatic nitrogens is 3. The van der Waals surface area contributed by atoms with Gasteiger partial charge in [0.15, 0.2) is 5.82 Å². The van der Waals surface area contributed by atoms with Gasteiger partial charge in [-0.15, -0.1) is 0 Å². The number of fused-ring (bicyclic) bond motifs is 1. The first-order chi connectivity index (χ1) is 15.4. The van der Waals surface area contributed by atoms with Crippen molar-refractivity contribution < 1.29 is 9.53 Å². The van der Waals surface area contributed by atoms with Crippen molar-refractivity contribution in [1.29, 1.82) is 0 Å². The molecule has 4 rings (SSSR count). The maximum Gasteiger partial charge on any atom is 0.225 e. The van der Waals surface area contributed by atoms with Gasteiger partial charge in [0, 0.05) is 17.9 Å². The summed E-state index contributed by atoms with van der Waals surface area (Å²) < 4.78 is 7.61. The molecule has 0 fully saturated rings. The number of benzene rings is 2. The summed E-state index contributed by atoms with van der Waals surface area (Å²) in [6, 6.07) is 17.9. The molecular formula is C26H28N4O2. The van der Waals surface area contributed by atoms with Gasteiger partial charge < -0.3 is 10.1 Å². The van der Waals surface area contributed by atoms with Crippen LogP contribution in [0, 0.1) is 27.7 Å². The van der Waals surface area contributed by atoms with Crippen LogP contribution in [-0.2, 0) is 4.79 Å². The number of carbonyl (C=O) groups excluding carboxylic acids is 1. The number of nitrogens with zero attached hydrogens (tertiary/aromatic N) is 3. The minimum atomic E-state index is -0.0752. The fourth-order valence-corrected chi connectivity index (χ4v) is 3.84. The number of rotatable bonds is 7. The van der Waals surface area contributed by atoms with Crippen molar-refractivity contribution >= 4 is 22.6 Å². The Bertz CT molecular complexity index is 1260. The Morgan fingerprint density at radius 2 is 1.72 bits per heavy atom. The Balaban J connectivity index is 1.43. The largest absolute Gasteiger partial charge is 0.493 e. The van der Waals surface area contributed by atoms with Crippen molar-refractivity contribution in [2.24, 2.45) is 0 Å². The maximum atomic E-state index is 12.6. The summed E-state index contributed by atoms with van der Waals surface area (Å²) in [4.78, 5) is 17.3. The molecule has 2 aromatic heterocycles. The highest BCUT2D eigenvalue weighted by molar-refractivity contribution is 5.90. The van der Waals surface area contributed by atoms with Crippen LogP contribution in [0.5, 0.6) is 5.75 Å². The summed E-state index contributed by atoms with van der Waals surface area (Å²) in [6.07, 6.45) is 0.986. The quantitative estimate of drug-likeness (QED) is 0.397. The molecule has 0 unspecified atom stereocenters. The number of anilines is 1. The van der Waals surface area contributed by atoms with Gasteiger partial charge in [-0.25, -0.2) is 4.98 Å². The molecule has 0 atom stereocenters. The fourth-order valence-electron chi connectivity index (χ4n) is 3.84. The SMILES string of the molecule is Cc1cc(NC(=O)CCCOc2c(C)cccc2C)n(-c2cc(C)c3ccccc3n2)n1. The van der Waals surface area contributed by atoms with Gasteiger partial charge in [-0.3, -0.25) is 4.79 Å². The molecule has 32 heavy (non-hydrogen) atoms. The van der Waals surface area contributed by atoms with Crippen molar-refractivity contribution in [3.05, 3.63) is 77.0 Å². The van der Waals surface area contributed by atoms with Gasteiger partial charge in [0.05, 0.1) is 17.8 Å². The van der Waals surface area contributed by atoms with Crippen LogP contribution < -0.4 is 10.1 Å². The second kappa shape index (κ2) is 9.22. The van der Waals surface area contributed by atoms with Crippen LogP contribution in [0.25, 0.3) is 16.7 Å². The van der Waals surface area contributed by atoms with E-state index in [0.717, 1.165) is 39.0 Å². The van der Waals surface area contributed by atoms with Crippen molar-refractivity contribution in [1.82, 2.24) is 14.8 Å². The highest BCUT2D eigenvalue weighted by Crippen LogP contribution is 2.24. The Kier molecular flexibility index (Phi) is 6.21. The highest BCUT2D eigenvalue weighted by atomic mass is 16.5. The molecule has 1 N–H and O–H groups in total. The van der Waals surface area contributed by atoms with Crippen molar-refractivity contribution in [2.45, 2.75) is 40.5 Å². The maximum absolute atomic E-state index is 12.6. The minimum absolute atomic E-state index is 0.0752. The zero-order chi connectivity index (χ0) is 22.7. The van der Waals surface area contributed by atoms with Gasteiger partial charge in [0.2, 0.25) is 5.91 Å². The monoisotopic (exact) mass is 428 g/mol. The standard InChI is InChI=1S/C26H28N4O2/c1-17-9-7-10-18(2)26(17)32-14-8-13-25(31)28-24-16-20(4)29-30(24)23-15-19(3)21-11-5-6-12-22(21)27-23/h5-7,9-12,15-16H,8,13-14H2,1-4H3,(H,28,31). The Morgan fingerprint density at radius 3 is 2.50 bits per heavy atom. The molecule has 4 aromatic rings. The van der Waals surface area contributed by atoms with E-state index in [1.165, 1.54) is 0 Å². The van der Waals surface area contributed by atoms with E-state index in [1.54, 1.807) is 4.68 Å². The Morgan fingerprint density at radius 1 is 0.969 bits per heavy atom. The van der Waals surface area contributed by atoms with E-state index in [9.17, 15) is 4.79 Å². The Labute approximate surface area is 188 Å². The van der Waals surface area contributed by atoms with Gasteiger partial charge in [-0.05, 0) is 62.9 Å². The highest BCUT2D eigenvalue weighted by Gasteiger charge is 2.14. The van der Waals surface area contributed by atoms with Crippen molar-refractivity contribution in [2.75, 3.05) is 11.9 Å². The topological polar surface area (TPSA) is 69.0 Å². The fraction of sp³-hybridized carbons (Fsp3) is 0.269. The van der Waals surface area contributed by atoms with E-state index in [4.69, 9.17) is 9.72 Å². The van der Waals surface area contributed by atoms with Gasteiger partial charge in [0.25, 0.3) is 0 Å². The van der Waals surface area contributed by atoms with Crippen molar-refractivity contribution in [3.63, 3.8) is 0 Å². The van der Waals surface area contributed by atoms with E-state index in [1.807, 2.05) is 69.3 Å². The van der Waals surface area contributed by atoms with Crippen LogP contribution in [0.1, 0.15) is 35.2 Å². The second-order valence-electron chi connectivity index (χ2n) is 8.12. The van der Waals surface area contributed by atoms with E-state index in [-0.39, 0.29) is 5.91 Å². The zero-order valence-electron chi connectivity index (χ0n) is 19.0. The lowest BCUT2D eigenvalue weighted by Crippen LogP contribution is -2.16. The number of hydrogen-bond acceptors (Lipinski definition) is 4. The third-order valence-corrected chi connectivity index (χ3v) is 5.43. The lowest BCUT2D eigenvalue weighted by Gasteiger charge is -2.12. The summed E-state index contributed by atoms with van der Waals surface area (Å²) in [5.41, 5.74) is 5.03. The molecule has 0 spiro atoms. The normalized spacial score (nSPS) is 11.0. The third-order valence-electron chi connectivity index (χ3n) is 5.43. The number of para-hydroxylation sites is 2. The molecule has 0 aliphatic rings. The molecule has 0 radical (unpaired) electrons. The molecule has 0 saturated carbocycles. The van der Waals surface area contributed by atoms with Crippen LogP contribution in [0.4, 0.5) is 5.82 Å². The number of nitrogens with one attached hydrogen (secondary N) is 1. The minimum Gasteiger partial charge on any atom is -0.493 e. The first-order valence-corrected chi connectivity index (χ1v) is 10.8. The lowest BCUT2D eigenvalue weighted by atomic mass is 10.1. The van der Waals surface area contributed by atoms with E-state index >= 15 is 0 Å². The summed E-state index contributed by atoms with van der Waals surface area (Å²) in [5.74, 6) is 2.13. The zero-order valence-corrected chi connectivity index (χ0v) is 19.0. The summed E-state index contributed by atoms with van der Waals surface area (Å²) >= 11 is 0. The predicted molar refractivity (Wildman–Crippen MR) is 128 cm³/mol. The van der Waals surface area contributed by atoms with Gasteiger partial charge in [0.1, 0.15) is 11.6 Å². The van der Waals surface area contributed by atoms with Gasteiger partial charge >= 0.3 is 0 Å². The Hall–Kier alpha value is -3.67. The molecular weight excluding hydrogens is 400 g/mol. The van der Waals surface area contributed by atoms with Crippen LogP contribution >= 0.6 is 0 Å². The van der Waals surface area contributed by atoms with Gasteiger partial charge in [-0.2, -0.15) is 9.78 Å². The third kappa shape index (κ3) is 4.64. The lowest BCUT2D eigenvalue weighted by molar-refractivity contribution is -0.116. The van der Waals surface area contributed by atoms with E-state index in [0.29, 0.717) is 31.1 Å². The van der Waals surface area contributed by atoms with E-state index < -0.39 is 0 Å². The molecule has 0 bridgehead atoms. The molecule has 164 valence electrons. The number of amides is 1. The van der Waals surface area contributed by atoms with E-state index in [2.05, 4.69) is 23.4 Å². The van der Waals surface area contributed by atoms with Crippen LogP contribution in [0.2, 0.25) is 0 Å². The number of pyridine rings is 1. The summed E-state index contributed by atoms with van der Waals surface area (Å²) in [5, 5.41) is 8.64. The van der Waals surface area contributed by atoms with Gasteiger partial charge in [-0.1, -0.05) is 36.4 Å². The molecule has 1 amide bonds. The smallest absolute Gasteiger partial charge is 0.225 e. The molecule has 0 aliphatic heterocycles. The van der Waals surface area contributed by atoms with Crippen molar-refractivity contribution in [3.8, 4) is 11.6 Å². The first-order valence-electron chi connectivity index (χ1n) is 10.8. The van der Waals surface area contributed by atoms with Crippen LogP contribution in [0.3, 0.4) is 0 Å². The second-order valence-corrected chi connectivity index (χ2v) is 8.12. The molecule has 2 heterocycles. The molecule has 6 heteroatoms. The average molecular weight is 429 g/mol. The summed E-state index contributed by atoms with van der Waals surface area (Å²) in [7, 11) is 0. The molecule has 0 aliphatic carbocycles. The molecule has 0 saturated heterocycles. The summed E-state index contributed by atoms with van der Waals surface area (Å²) in [6.45, 7) is 8.50. The number of ether oxygens (including phenoxy) is 1. The predicted octanol–water partition coefficient (Wildman–Crippen LogP) is 5.45. The van der Waals surface area contributed by atoms with Crippen LogP contribution in [-0.4, -0.2) is 27.3 Å². The molecule has 6 nitrogen and oxygen atoms in total. The average Bonchev–Trinajstić information content (AvgIpc) is 3.12. The number of hydrogen-bond donors (Lipinski definition) is 1. The van der Waals surface area contributed by atoms with Crippen LogP contribution in [0.15, 0.2) is 54.6 Å². The number of carbonyl (C=O) groups is 1. The molecule has 2 aromatic carbocycles. The first kappa shape index (κ1) is 21.6.